The van der Waals surface area contributed by atoms with Gasteiger partial charge in [0.2, 0.25) is 0 Å². The predicted octanol–water partition coefficient (Wildman–Crippen LogP) is 2.57. The maximum atomic E-state index is 5.46. The molecule has 0 aromatic rings. The van der Waals surface area contributed by atoms with Crippen LogP contribution in [-0.4, -0.2) is 52.5 Å². The fraction of sp³-hybridized carbons (Fsp3) is 0.941. The minimum Gasteiger partial charge on any atom is -0.382 e. The summed E-state index contributed by atoms with van der Waals surface area (Å²) in [4.78, 5) is 4.78. The number of unbranched alkanes of at least 4 members (excludes halogenated alkanes) is 1. The second kappa shape index (κ2) is 11.7. The van der Waals surface area contributed by atoms with Crippen molar-refractivity contribution in [1.29, 1.82) is 0 Å². The molecule has 1 saturated carbocycles. The molecule has 1 rings (SSSR count). The molecule has 0 unspecified atom stereocenters. The van der Waals surface area contributed by atoms with Crippen molar-refractivity contribution in [3.8, 4) is 0 Å². The van der Waals surface area contributed by atoms with E-state index in [2.05, 4.69) is 24.5 Å². The fourth-order valence-corrected chi connectivity index (χ4v) is 2.67. The van der Waals surface area contributed by atoms with Crippen molar-refractivity contribution in [2.45, 2.75) is 52.4 Å². The van der Waals surface area contributed by atoms with Crippen LogP contribution in [0, 0.1) is 5.41 Å². The number of guanidine groups is 1. The summed E-state index contributed by atoms with van der Waals surface area (Å²) in [5.74, 6) is 0.961. The van der Waals surface area contributed by atoms with Gasteiger partial charge in [-0.05, 0) is 44.4 Å². The summed E-state index contributed by atoms with van der Waals surface area (Å²) in [5, 5.41) is 6.76. The third-order valence-corrected chi connectivity index (χ3v) is 4.52. The number of nitrogens with one attached hydrogen (secondary N) is 2. The molecule has 0 aliphatic heterocycles. The molecule has 0 aromatic carbocycles. The van der Waals surface area contributed by atoms with E-state index in [4.69, 9.17) is 14.5 Å². The van der Waals surface area contributed by atoms with E-state index in [1.54, 1.807) is 7.11 Å². The molecule has 0 heterocycles. The largest absolute Gasteiger partial charge is 0.382 e. The molecule has 1 aliphatic carbocycles. The first-order chi connectivity index (χ1) is 10.8. The molecule has 1 aliphatic rings. The van der Waals surface area contributed by atoms with E-state index < -0.39 is 0 Å². The molecule has 0 saturated heterocycles. The lowest BCUT2D eigenvalue weighted by atomic mass is 9.67. The molecular formula is C17H35N3O2. The molecule has 5 nitrogen and oxygen atoms in total. The van der Waals surface area contributed by atoms with E-state index in [9.17, 15) is 0 Å². The number of methoxy groups -OCH3 is 1. The van der Waals surface area contributed by atoms with E-state index in [1.165, 1.54) is 25.7 Å². The maximum absolute atomic E-state index is 5.46. The van der Waals surface area contributed by atoms with Crippen molar-refractivity contribution in [3.05, 3.63) is 0 Å². The summed E-state index contributed by atoms with van der Waals surface area (Å²) in [6.45, 7) is 9.38. The summed E-state index contributed by atoms with van der Waals surface area (Å²) in [7, 11) is 1.70. The molecule has 130 valence electrons. The first kappa shape index (κ1) is 19.2. The van der Waals surface area contributed by atoms with Gasteiger partial charge in [-0.2, -0.15) is 0 Å². The van der Waals surface area contributed by atoms with Crippen LogP contribution in [0.3, 0.4) is 0 Å². The van der Waals surface area contributed by atoms with Gasteiger partial charge in [-0.25, -0.2) is 0 Å². The van der Waals surface area contributed by atoms with Gasteiger partial charge in [0.15, 0.2) is 5.96 Å². The van der Waals surface area contributed by atoms with Gasteiger partial charge in [0.25, 0.3) is 0 Å². The zero-order chi connectivity index (χ0) is 16.1. The SMILES string of the molecule is CCNC(=NCC1(CC)CCC1)NCCCCOCCOC. The van der Waals surface area contributed by atoms with Gasteiger partial charge in [0.1, 0.15) is 0 Å². The van der Waals surface area contributed by atoms with Crippen LogP contribution in [0.25, 0.3) is 0 Å². The zero-order valence-electron chi connectivity index (χ0n) is 14.7. The van der Waals surface area contributed by atoms with Crippen LogP contribution in [0.15, 0.2) is 4.99 Å². The van der Waals surface area contributed by atoms with Crippen LogP contribution in [-0.2, 0) is 9.47 Å². The topological polar surface area (TPSA) is 54.9 Å². The van der Waals surface area contributed by atoms with E-state index in [-0.39, 0.29) is 0 Å². The normalized spacial score (nSPS) is 17.1. The van der Waals surface area contributed by atoms with E-state index in [1.807, 2.05) is 0 Å². The first-order valence-electron chi connectivity index (χ1n) is 8.85. The molecule has 0 radical (unpaired) electrons. The van der Waals surface area contributed by atoms with Crippen LogP contribution in [0.2, 0.25) is 0 Å². The van der Waals surface area contributed by atoms with Crippen molar-refractivity contribution >= 4 is 5.96 Å². The molecular weight excluding hydrogens is 278 g/mol. The Morgan fingerprint density at radius 2 is 1.91 bits per heavy atom. The van der Waals surface area contributed by atoms with Gasteiger partial charge in [0.05, 0.1) is 13.2 Å². The smallest absolute Gasteiger partial charge is 0.191 e. The third kappa shape index (κ3) is 7.45. The lowest BCUT2D eigenvalue weighted by Gasteiger charge is -2.40. The number of ether oxygens (including phenoxy) is 2. The van der Waals surface area contributed by atoms with Crippen molar-refractivity contribution in [1.82, 2.24) is 10.6 Å². The molecule has 0 atom stereocenters. The standard InChI is InChI=1S/C17H35N3O2/c1-4-17(9-8-10-17)15-20-16(18-5-2)19-11-6-7-12-22-14-13-21-3/h4-15H2,1-3H3,(H2,18,19,20). The Hall–Kier alpha value is -0.810. The summed E-state index contributed by atoms with van der Waals surface area (Å²) >= 11 is 0. The molecule has 0 bridgehead atoms. The van der Waals surface area contributed by atoms with Gasteiger partial charge in [0, 0.05) is 33.4 Å². The van der Waals surface area contributed by atoms with Gasteiger partial charge in [-0.15, -0.1) is 0 Å². The van der Waals surface area contributed by atoms with Gasteiger partial charge >= 0.3 is 0 Å². The van der Waals surface area contributed by atoms with Crippen LogP contribution in [0.4, 0.5) is 0 Å². The number of nitrogens with zero attached hydrogens (tertiary/aromatic N) is 1. The van der Waals surface area contributed by atoms with Gasteiger partial charge in [-0.1, -0.05) is 13.3 Å². The number of aliphatic imine (C=N–C) groups is 1. The van der Waals surface area contributed by atoms with Crippen molar-refractivity contribution in [2.75, 3.05) is 46.6 Å². The summed E-state index contributed by atoms with van der Waals surface area (Å²) in [6, 6.07) is 0. The van der Waals surface area contributed by atoms with Crippen molar-refractivity contribution < 1.29 is 9.47 Å². The lowest BCUT2D eigenvalue weighted by molar-refractivity contribution is 0.0689. The molecule has 5 heteroatoms. The summed E-state index contributed by atoms with van der Waals surface area (Å²) in [5.41, 5.74) is 0.484. The molecule has 2 N–H and O–H groups in total. The molecule has 0 amide bonds. The highest BCUT2D eigenvalue weighted by Gasteiger charge is 2.34. The minimum atomic E-state index is 0.484. The highest BCUT2D eigenvalue weighted by atomic mass is 16.5. The molecule has 1 fully saturated rings. The summed E-state index contributed by atoms with van der Waals surface area (Å²) in [6.07, 6.45) is 7.45. The highest BCUT2D eigenvalue weighted by molar-refractivity contribution is 5.79. The Labute approximate surface area is 136 Å². The minimum absolute atomic E-state index is 0.484. The Balaban J connectivity index is 2.15. The average molecular weight is 313 g/mol. The van der Waals surface area contributed by atoms with Crippen molar-refractivity contribution in [3.63, 3.8) is 0 Å². The Bertz CT molecular complexity index is 299. The highest BCUT2D eigenvalue weighted by Crippen LogP contribution is 2.43. The second-order valence-corrected chi connectivity index (χ2v) is 6.14. The van der Waals surface area contributed by atoms with E-state index in [0.717, 1.165) is 45.0 Å². The van der Waals surface area contributed by atoms with Crippen LogP contribution >= 0.6 is 0 Å². The van der Waals surface area contributed by atoms with Crippen LogP contribution in [0.1, 0.15) is 52.4 Å². The van der Waals surface area contributed by atoms with Gasteiger partial charge in [-0.3, -0.25) is 4.99 Å². The van der Waals surface area contributed by atoms with E-state index >= 15 is 0 Å². The lowest BCUT2D eigenvalue weighted by Crippen LogP contribution is -2.40. The molecule has 22 heavy (non-hydrogen) atoms. The number of hydrogen-bond donors (Lipinski definition) is 2. The zero-order valence-corrected chi connectivity index (χ0v) is 14.7. The number of rotatable bonds is 12. The van der Waals surface area contributed by atoms with Gasteiger partial charge < -0.3 is 20.1 Å². The maximum Gasteiger partial charge on any atom is 0.191 e. The van der Waals surface area contributed by atoms with Crippen LogP contribution in [0.5, 0.6) is 0 Å². The van der Waals surface area contributed by atoms with Crippen LogP contribution < -0.4 is 10.6 Å². The number of hydrogen-bond acceptors (Lipinski definition) is 3. The Kier molecular flexibility index (Phi) is 10.2. The monoisotopic (exact) mass is 313 g/mol. The first-order valence-corrected chi connectivity index (χ1v) is 8.85. The average Bonchev–Trinajstić information content (AvgIpc) is 2.49. The van der Waals surface area contributed by atoms with Crippen molar-refractivity contribution in [2.24, 2.45) is 10.4 Å². The quantitative estimate of drug-likeness (QED) is 0.330. The second-order valence-electron chi connectivity index (χ2n) is 6.14. The summed E-state index contributed by atoms with van der Waals surface area (Å²) < 4.78 is 10.4. The Morgan fingerprint density at radius 3 is 2.50 bits per heavy atom. The molecule has 0 spiro atoms. The van der Waals surface area contributed by atoms with E-state index in [0.29, 0.717) is 18.6 Å². The molecule has 0 aromatic heterocycles. The predicted molar refractivity (Wildman–Crippen MR) is 92.5 cm³/mol. The third-order valence-electron chi connectivity index (χ3n) is 4.52. The fourth-order valence-electron chi connectivity index (χ4n) is 2.67. The Morgan fingerprint density at radius 1 is 1.09 bits per heavy atom.